The summed E-state index contributed by atoms with van der Waals surface area (Å²) in [5.74, 6) is 0.0897. The van der Waals surface area contributed by atoms with Crippen molar-refractivity contribution in [2.75, 3.05) is 13.6 Å². The molecule has 96 valence electrons. The lowest BCUT2D eigenvalue weighted by Gasteiger charge is -2.34. The Balaban J connectivity index is 1.90. The summed E-state index contributed by atoms with van der Waals surface area (Å²) in [6, 6.07) is 6.50. The van der Waals surface area contributed by atoms with E-state index in [4.69, 9.17) is 5.26 Å². The zero-order valence-electron chi connectivity index (χ0n) is 10.4. The number of benzene rings is 1. The zero-order valence-corrected chi connectivity index (χ0v) is 10.4. The Labute approximate surface area is 106 Å². The molecule has 0 radical (unpaired) electrons. The van der Waals surface area contributed by atoms with Gasteiger partial charge in [0.2, 0.25) is 0 Å². The van der Waals surface area contributed by atoms with E-state index in [1.807, 2.05) is 13.1 Å². The van der Waals surface area contributed by atoms with Gasteiger partial charge in [0.05, 0.1) is 11.7 Å². The largest absolute Gasteiger partial charge is 0.393 e. The van der Waals surface area contributed by atoms with Crippen LogP contribution < -0.4 is 0 Å². The normalized spacial score (nSPS) is 22.6. The Morgan fingerprint density at radius 1 is 1.50 bits per heavy atom. The predicted molar refractivity (Wildman–Crippen MR) is 66.2 cm³/mol. The van der Waals surface area contributed by atoms with Crippen LogP contribution in [0.3, 0.4) is 0 Å². The van der Waals surface area contributed by atoms with Gasteiger partial charge in [-0.15, -0.1) is 0 Å². The number of hydrogen-bond acceptors (Lipinski definition) is 3. The van der Waals surface area contributed by atoms with Crippen LogP contribution in [0.25, 0.3) is 0 Å². The van der Waals surface area contributed by atoms with Crippen molar-refractivity contribution in [1.82, 2.24) is 4.90 Å². The van der Waals surface area contributed by atoms with E-state index >= 15 is 0 Å². The molecule has 4 heteroatoms. The molecule has 1 N–H and O–H groups in total. The maximum Gasteiger partial charge on any atom is 0.140 e. The van der Waals surface area contributed by atoms with Gasteiger partial charge < -0.3 is 10.0 Å². The van der Waals surface area contributed by atoms with E-state index in [0.29, 0.717) is 12.5 Å². The van der Waals surface area contributed by atoms with Gasteiger partial charge in [0.15, 0.2) is 0 Å². The molecule has 0 amide bonds. The number of hydrogen-bond donors (Lipinski definition) is 1. The molecule has 0 heterocycles. The smallest absolute Gasteiger partial charge is 0.140 e. The number of rotatable bonds is 4. The van der Waals surface area contributed by atoms with Crippen LogP contribution in [0, 0.1) is 23.1 Å². The molecule has 0 aliphatic heterocycles. The van der Waals surface area contributed by atoms with Crippen LogP contribution in [0.5, 0.6) is 0 Å². The highest BCUT2D eigenvalue weighted by Crippen LogP contribution is 2.27. The van der Waals surface area contributed by atoms with Crippen LogP contribution in [0.4, 0.5) is 4.39 Å². The van der Waals surface area contributed by atoms with Crippen LogP contribution >= 0.6 is 0 Å². The summed E-state index contributed by atoms with van der Waals surface area (Å²) in [4.78, 5) is 2.14. The lowest BCUT2D eigenvalue weighted by molar-refractivity contribution is 0.0274. The second-order valence-corrected chi connectivity index (χ2v) is 5.11. The average molecular weight is 248 g/mol. The predicted octanol–water partition coefficient (Wildman–Crippen LogP) is 1.90. The molecule has 1 aromatic rings. The zero-order chi connectivity index (χ0) is 13.1. The molecular formula is C14H17FN2O. The van der Waals surface area contributed by atoms with Gasteiger partial charge in [-0.25, -0.2) is 4.39 Å². The minimum atomic E-state index is -0.467. The first-order chi connectivity index (χ1) is 8.58. The third-order valence-corrected chi connectivity index (χ3v) is 3.38. The van der Waals surface area contributed by atoms with E-state index in [2.05, 4.69) is 4.90 Å². The molecule has 1 aliphatic carbocycles. The van der Waals surface area contributed by atoms with Crippen LogP contribution in [0.2, 0.25) is 0 Å². The second-order valence-electron chi connectivity index (χ2n) is 5.11. The van der Waals surface area contributed by atoms with Crippen molar-refractivity contribution in [2.45, 2.75) is 25.5 Å². The lowest BCUT2D eigenvalue weighted by atomic mass is 9.82. The fourth-order valence-corrected chi connectivity index (χ4v) is 2.42. The molecule has 1 saturated carbocycles. The van der Waals surface area contributed by atoms with Crippen molar-refractivity contribution in [3.8, 4) is 6.07 Å². The van der Waals surface area contributed by atoms with E-state index in [9.17, 15) is 9.50 Å². The monoisotopic (exact) mass is 248 g/mol. The van der Waals surface area contributed by atoms with Crippen molar-refractivity contribution in [2.24, 2.45) is 5.92 Å². The van der Waals surface area contributed by atoms with Crippen molar-refractivity contribution >= 4 is 0 Å². The summed E-state index contributed by atoms with van der Waals surface area (Å²) in [7, 11) is 2.00. The van der Waals surface area contributed by atoms with Gasteiger partial charge in [-0.1, -0.05) is 6.07 Å². The van der Waals surface area contributed by atoms with Gasteiger partial charge in [0.25, 0.3) is 0 Å². The highest BCUT2D eigenvalue weighted by atomic mass is 19.1. The van der Waals surface area contributed by atoms with Crippen LogP contribution in [-0.2, 0) is 6.54 Å². The SMILES string of the molecule is CN(Cc1ccc(F)c(C#N)c1)CC1CC(O)C1. The van der Waals surface area contributed by atoms with Gasteiger partial charge in [0.1, 0.15) is 11.9 Å². The van der Waals surface area contributed by atoms with Crippen LogP contribution in [0.15, 0.2) is 18.2 Å². The Bertz CT molecular complexity index is 463. The first-order valence-electron chi connectivity index (χ1n) is 6.13. The molecule has 1 aromatic carbocycles. The molecule has 3 nitrogen and oxygen atoms in total. The van der Waals surface area contributed by atoms with E-state index in [-0.39, 0.29) is 11.7 Å². The van der Waals surface area contributed by atoms with E-state index < -0.39 is 5.82 Å². The van der Waals surface area contributed by atoms with Gasteiger partial charge >= 0.3 is 0 Å². The number of nitrogens with zero attached hydrogens (tertiary/aromatic N) is 2. The Morgan fingerprint density at radius 2 is 2.22 bits per heavy atom. The number of aliphatic hydroxyl groups is 1. The Hall–Kier alpha value is -1.44. The molecule has 0 aromatic heterocycles. The van der Waals surface area contributed by atoms with Crippen LogP contribution in [-0.4, -0.2) is 29.7 Å². The van der Waals surface area contributed by atoms with Gasteiger partial charge in [-0.05, 0) is 43.5 Å². The van der Waals surface area contributed by atoms with Crippen molar-refractivity contribution < 1.29 is 9.50 Å². The molecule has 0 bridgehead atoms. The molecular weight excluding hydrogens is 231 g/mol. The average Bonchev–Trinajstić information content (AvgIpc) is 2.29. The third kappa shape index (κ3) is 3.06. The minimum Gasteiger partial charge on any atom is -0.393 e. The molecule has 0 unspecified atom stereocenters. The minimum absolute atomic E-state index is 0.0972. The van der Waals surface area contributed by atoms with E-state index in [1.165, 1.54) is 6.07 Å². The van der Waals surface area contributed by atoms with Crippen molar-refractivity contribution in [3.05, 3.63) is 35.1 Å². The van der Waals surface area contributed by atoms with Crippen LogP contribution in [0.1, 0.15) is 24.0 Å². The standard InChI is InChI=1S/C14H17FN2O/c1-17(9-11-5-13(18)6-11)8-10-2-3-14(15)12(4-10)7-16/h2-4,11,13,18H,5-6,8-9H2,1H3. The maximum atomic E-state index is 13.2. The maximum absolute atomic E-state index is 13.2. The van der Waals surface area contributed by atoms with E-state index in [1.54, 1.807) is 12.1 Å². The van der Waals surface area contributed by atoms with Crippen molar-refractivity contribution in [1.29, 1.82) is 5.26 Å². The first kappa shape index (κ1) is 13.0. The van der Waals surface area contributed by atoms with Crippen molar-refractivity contribution in [3.63, 3.8) is 0 Å². The molecule has 0 spiro atoms. The Kier molecular flexibility index (Phi) is 3.95. The van der Waals surface area contributed by atoms with Gasteiger partial charge in [0, 0.05) is 13.1 Å². The summed E-state index contributed by atoms with van der Waals surface area (Å²) >= 11 is 0. The Morgan fingerprint density at radius 3 is 2.83 bits per heavy atom. The second kappa shape index (κ2) is 5.47. The molecule has 1 aliphatic rings. The fraction of sp³-hybridized carbons (Fsp3) is 0.500. The number of aliphatic hydroxyl groups excluding tert-OH is 1. The van der Waals surface area contributed by atoms with E-state index in [0.717, 1.165) is 24.9 Å². The molecule has 18 heavy (non-hydrogen) atoms. The van der Waals surface area contributed by atoms with Gasteiger partial charge in [-0.3, -0.25) is 0 Å². The lowest BCUT2D eigenvalue weighted by Crippen LogP contribution is -2.36. The highest BCUT2D eigenvalue weighted by Gasteiger charge is 2.27. The number of halogens is 1. The topological polar surface area (TPSA) is 47.3 Å². The van der Waals surface area contributed by atoms with Gasteiger partial charge in [-0.2, -0.15) is 5.26 Å². The summed E-state index contributed by atoms with van der Waals surface area (Å²) < 4.78 is 13.2. The third-order valence-electron chi connectivity index (χ3n) is 3.38. The number of nitriles is 1. The quantitative estimate of drug-likeness (QED) is 0.885. The summed E-state index contributed by atoms with van der Waals surface area (Å²) in [6.07, 6.45) is 1.62. The molecule has 0 saturated heterocycles. The molecule has 0 atom stereocenters. The summed E-state index contributed by atoms with van der Waals surface area (Å²) in [5.41, 5.74) is 1.04. The first-order valence-corrected chi connectivity index (χ1v) is 6.13. The highest BCUT2D eigenvalue weighted by molar-refractivity contribution is 5.34. The fourth-order valence-electron chi connectivity index (χ4n) is 2.42. The molecule has 1 fully saturated rings. The summed E-state index contributed by atoms with van der Waals surface area (Å²) in [5, 5.41) is 18.0. The summed E-state index contributed by atoms with van der Waals surface area (Å²) in [6.45, 7) is 1.62. The molecule has 2 rings (SSSR count).